The molecular weight excluding hydrogens is 1020 g/mol. The summed E-state index contributed by atoms with van der Waals surface area (Å²) in [5.41, 5.74) is 17.2. The van der Waals surface area contributed by atoms with Crippen LogP contribution < -0.4 is 0 Å². The number of pyridine rings is 1. The Morgan fingerprint density at radius 2 is 1.16 bits per heavy atom. The predicted molar refractivity (Wildman–Crippen MR) is 278 cm³/mol. The molecule has 0 amide bonds. The maximum atomic E-state index is 12.4. The average Bonchev–Trinajstić information content (AvgIpc) is 3.94. The molecule has 0 atom stereocenters. The molecule has 0 aliphatic carbocycles. The molecule has 0 radical (unpaired) electrons. The second-order valence-electron chi connectivity index (χ2n) is 20.7. The van der Waals surface area contributed by atoms with Gasteiger partial charge in [-0.1, -0.05) is 190 Å². The van der Waals surface area contributed by atoms with Crippen molar-refractivity contribution in [3.8, 4) is 73.0 Å². The molecule has 1 N–H and O–H groups in total. The van der Waals surface area contributed by atoms with Crippen molar-refractivity contribution in [3.05, 3.63) is 174 Å². The summed E-state index contributed by atoms with van der Waals surface area (Å²) in [5.74, 6) is 0.706. The fourth-order valence-electron chi connectivity index (χ4n) is 9.56. The first-order valence-corrected chi connectivity index (χ1v) is 23.5. The van der Waals surface area contributed by atoms with Gasteiger partial charge in [0.15, 0.2) is 16.9 Å². The van der Waals surface area contributed by atoms with E-state index in [1.54, 1.807) is 0 Å². The smallest absolute Gasteiger partial charge is 0.230 e. The molecule has 0 spiro atoms. The zero-order valence-corrected chi connectivity index (χ0v) is 42.8. The van der Waals surface area contributed by atoms with E-state index >= 15 is 0 Å². The number of benzene rings is 7. The summed E-state index contributed by atoms with van der Waals surface area (Å²) in [6.45, 7) is 22.3. The van der Waals surface area contributed by atoms with Crippen molar-refractivity contribution in [3.63, 3.8) is 0 Å². The van der Waals surface area contributed by atoms with Gasteiger partial charge in [0.25, 0.3) is 0 Å². The third kappa shape index (κ3) is 8.40. The molecule has 6 heteroatoms. The molecule has 5 nitrogen and oxygen atoms in total. The van der Waals surface area contributed by atoms with Crippen molar-refractivity contribution in [1.29, 1.82) is 0 Å². The molecule has 68 heavy (non-hydrogen) atoms. The van der Waals surface area contributed by atoms with Gasteiger partial charge in [-0.2, -0.15) is 0 Å². The predicted octanol–water partition coefficient (Wildman–Crippen LogP) is 17.5. The van der Waals surface area contributed by atoms with Crippen LogP contribution in [0.5, 0.6) is 5.75 Å². The number of phenols is 1. The number of fused-ring (bicyclic) bond motifs is 4. The summed E-state index contributed by atoms with van der Waals surface area (Å²) in [5, 5.41) is 14.2. The second kappa shape index (κ2) is 17.8. The SMILES string of the molecule is CC(C)c1cc(-c2ccccc2)cc(C(C)C)c1-c1ccc(-c2[c-]c(-c3cc(-c4ccccc4)ccn3)cc(C(C)(C)C)c2)c2nc(-c3cc(C(C)(C)C)c4c(oc5ccccc54)c3O)oc12.[Pt]. The molecule has 10 rings (SSSR count). The van der Waals surface area contributed by atoms with E-state index in [4.69, 9.17) is 18.8 Å². The van der Waals surface area contributed by atoms with Crippen LogP contribution in [0, 0.1) is 6.07 Å². The molecule has 0 bridgehead atoms. The van der Waals surface area contributed by atoms with Crippen molar-refractivity contribution >= 4 is 33.0 Å². The van der Waals surface area contributed by atoms with E-state index in [2.05, 4.69) is 184 Å². The van der Waals surface area contributed by atoms with Crippen molar-refractivity contribution in [2.24, 2.45) is 0 Å². The molecule has 344 valence electrons. The average molecular weight is 1070 g/mol. The summed E-state index contributed by atoms with van der Waals surface area (Å²) in [6, 6.07) is 52.6. The van der Waals surface area contributed by atoms with Crippen LogP contribution in [0.1, 0.15) is 103 Å². The summed E-state index contributed by atoms with van der Waals surface area (Å²) >= 11 is 0. The molecule has 10 aromatic rings. The van der Waals surface area contributed by atoms with Crippen molar-refractivity contribution < 1.29 is 35.0 Å². The van der Waals surface area contributed by atoms with Crippen LogP contribution in [0.2, 0.25) is 0 Å². The van der Waals surface area contributed by atoms with Crippen LogP contribution in [-0.2, 0) is 31.9 Å². The Balaban J connectivity index is 0.00000578. The Morgan fingerprint density at radius 3 is 1.79 bits per heavy atom. The second-order valence-corrected chi connectivity index (χ2v) is 20.7. The number of nitrogens with zero attached hydrogens (tertiary/aromatic N) is 2. The van der Waals surface area contributed by atoms with E-state index in [0.29, 0.717) is 33.7 Å². The van der Waals surface area contributed by atoms with Crippen molar-refractivity contribution in [1.82, 2.24) is 9.97 Å². The molecule has 0 saturated heterocycles. The fraction of sp³-hybridized carbons (Fsp3) is 0.226. The molecule has 0 saturated carbocycles. The number of para-hydroxylation sites is 1. The Morgan fingerprint density at radius 1 is 0.559 bits per heavy atom. The van der Waals surface area contributed by atoms with E-state index in [-0.39, 0.29) is 49.5 Å². The topological polar surface area (TPSA) is 72.3 Å². The number of rotatable bonds is 8. The minimum absolute atomic E-state index is 0. The summed E-state index contributed by atoms with van der Waals surface area (Å²) in [7, 11) is 0. The minimum atomic E-state index is -0.306. The summed E-state index contributed by atoms with van der Waals surface area (Å²) < 4.78 is 13.7. The quantitative estimate of drug-likeness (QED) is 0.154. The Labute approximate surface area is 414 Å². The molecule has 3 aromatic heterocycles. The van der Waals surface area contributed by atoms with Crippen LogP contribution in [0.3, 0.4) is 0 Å². The number of aromatic nitrogens is 2. The summed E-state index contributed by atoms with van der Waals surface area (Å²) in [6.07, 6.45) is 1.88. The number of aromatic hydroxyl groups is 1. The maximum Gasteiger partial charge on any atom is 0.230 e. The van der Waals surface area contributed by atoms with Gasteiger partial charge in [0.05, 0.1) is 11.1 Å². The Hall–Kier alpha value is -6.55. The third-order valence-electron chi connectivity index (χ3n) is 13.2. The van der Waals surface area contributed by atoms with Crippen LogP contribution >= 0.6 is 0 Å². The number of hydrogen-bond acceptors (Lipinski definition) is 5. The maximum absolute atomic E-state index is 12.4. The molecule has 0 unspecified atom stereocenters. The van der Waals surface area contributed by atoms with Crippen LogP contribution in [0.15, 0.2) is 155 Å². The first kappa shape index (κ1) is 46.6. The molecular formula is C62H57N2O3Pt-. The summed E-state index contributed by atoms with van der Waals surface area (Å²) in [4.78, 5) is 10.4. The van der Waals surface area contributed by atoms with E-state index in [1.165, 1.54) is 22.3 Å². The van der Waals surface area contributed by atoms with Gasteiger partial charge in [0, 0.05) is 49.3 Å². The van der Waals surface area contributed by atoms with Gasteiger partial charge in [0.2, 0.25) is 5.89 Å². The molecule has 7 aromatic carbocycles. The van der Waals surface area contributed by atoms with Gasteiger partial charge in [-0.15, -0.1) is 29.3 Å². The first-order valence-electron chi connectivity index (χ1n) is 23.5. The number of oxazole rings is 1. The Kier molecular flexibility index (Phi) is 12.2. The number of hydrogen-bond donors (Lipinski definition) is 1. The molecule has 0 aliphatic heterocycles. The molecule has 0 fully saturated rings. The third-order valence-corrected chi connectivity index (χ3v) is 13.2. The number of phenolic OH excluding ortho intramolecular Hbond substituents is 1. The van der Waals surface area contributed by atoms with Crippen molar-refractivity contribution in [2.45, 2.75) is 91.9 Å². The largest absolute Gasteiger partial charge is 0.504 e. The molecule has 3 heterocycles. The monoisotopic (exact) mass is 1070 g/mol. The van der Waals surface area contributed by atoms with Crippen LogP contribution in [0.4, 0.5) is 0 Å². The normalized spacial score (nSPS) is 12.2. The Bertz CT molecular complexity index is 3460. The van der Waals surface area contributed by atoms with Crippen molar-refractivity contribution in [2.75, 3.05) is 0 Å². The van der Waals surface area contributed by atoms with E-state index in [1.807, 2.05) is 36.5 Å². The van der Waals surface area contributed by atoms with E-state index in [9.17, 15) is 5.11 Å². The van der Waals surface area contributed by atoms with Crippen LogP contribution in [-0.4, -0.2) is 15.1 Å². The van der Waals surface area contributed by atoms with Gasteiger partial charge in [-0.25, -0.2) is 4.98 Å². The van der Waals surface area contributed by atoms with Gasteiger partial charge in [-0.05, 0) is 85.4 Å². The van der Waals surface area contributed by atoms with Gasteiger partial charge in [0.1, 0.15) is 5.58 Å². The van der Waals surface area contributed by atoms with E-state index in [0.717, 1.165) is 66.5 Å². The first-order chi connectivity index (χ1) is 32.0. The fourth-order valence-corrected chi connectivity index (χ4v) is 9.56. The van der Waals surface area contributed by atoms with Gasteiger partial charge < -0.3 is 13.9 Å². The zero-order chi connectivity index (χ0) is 46.9. The minimum Gasteiger partial charge on any atom is -0.504 e. The van der Waals surface area contributed by atoms with Gasteiger partial charge >= 0.3 is 0 Å². The van der Waals surface area contributed by atoms with Crippen LogP contribution in [0.25, 0.3) is 100 Å². The van der Waals surface area contributed by atoms with E-state index < -0.39 is 0 Å². The number of furan rings is 1. The standard InChI is InChI=1S/C62H57N2O3.Pt/c1-36(2)48-32-41(39-21-15-12-16-22-39)33-49(37(3)4)54(48)47-26-25-45(42-29-43(31-44(30-42)61(5,6)7)52-34-40(27-28-63-52)38-19-13-11-14-20-38)56-58(47)67-60(64-56)50-35-51(62(8,9)10)55-46-23-17-18-24-53(46)66-59(55)57(50)65;/h11-28,30-37,65H,1-10H3;/q-1;. The zero-order valence-electron chi connectivity index (χ0n) is 40.5. The van der Waals surface area contributed by atoms with Gasteiger partial charge in [-0.3, -0.25) is 4.98 Å². The molecule has 0 aliphatic rings.